The van der Waals surface area contributed by atoms with E-state index in [9.17, 15) is 4.79 Å². The molecule has 0 aliphatic rings. The first-order valence-corrected chi connectivity index (χ1v) is 10.2. The average molecular weight is 420 g/mol. The van der Waals surface area contributed by atoms with Crippen LogP contribution in [0.5, 0.6) is 11.5 Å². The fraction of sp³-hybridized carbons (Fsp3) is 0.455. The van der Waals surface area contributed by atoms with E-state index in [0.717, 1.165) is 29.9 Å². The Morgan fingerprint density at radius 3 is 2.72 bits per heavy atom. The Balaban J connectivity index is 1.92. The Bertz CT molecular complexity index is 861. The molecule has 29 heavy (non-hydrogen) atoms. The maximum absolute atomic E-state index is 12.2. The second-order valence-electron chi connectivity index (χ2n) is 7.18. The largest absolute Gasteiger partial charge is 0.493 e. The third-order valence-corrected chi connectivity index (χ3v) is 4.62. The molecule has 2 rings (SSSR count). The first kappa shape index (κ1) is 22.8. The van der Waals surface area contributed by atoms with E-state index in [-0.39, 0.29) is 11.8 Å². The second-order valence-corrected chi connectivity index (χ2v) is 7.58. The van der Waals surface area contributed by atoms with E-state index in [0.29, 0.717) is 29.7 Å². The highest BCUT2D eigenvalue weighted by atomic mass is 35.5. The Hall–Kier alpha value is -2.47. The van der Waals surface area contributed by atoms with E-state index in [1.807, 2.05) is 31.5 Å². The summed E-state index contributed by atoms with van der Waals surface area (Å²) in [7, 11) is 1.56. The molecule has 2 aromatic rings. The van der Waals surface area contributed by atoms with Gasteiger partial charge in [0.2, 0.25) is 5.91 Å². The Kier molecular flexibility index (Phi) is 8.58. The molecule has 0 fully saturated rings. The number of aromatic nitrogens is 2. The Labute approximate surface area is 177 Å². The van der Waals surface area contributed by atoms with Gasteiger partial charge in [0.1, 0.15) is 0 Å². The molecule has 7 heteroatoms. The number of amides is 1. The monoisotopic (exact) mass is 419 g/mol. The molecule has 1 aromatic carbocycles. The fourth-order valence-corrected chi connectivity index (χ4v) is 3.18. The third-order valence-electron chi connectivity index (χ3n) is 4.34. The van der Waals surface area contributed by atoms with Gasteiger partial charge in [0.15, 0.2) is 11.5 Å². The van der Waals surface area contributed by atoms with Gasteiger partial charge in [-0.3, -0.25) is 9.48 Å². The van der Waals surface area contributed by atoms with Gasteiger partial charge in [-0.25, -0.2) is 0 Å². The van der Waals surface area contributed by atoms with E-state index in [1.165, 1.54) is 6.08 Å². The van der Waals surface area contributed by atoms with Crippen molar-refractivity contribution in [1.82, 2.24) is 15.1 Å². The molecule has 0 radical (unpaired) electrons. The van der Waals surface area contributed by atoms with Crippen LogP contribution in [0.2, 0.25) is 5.02 Å². The van der Waals surface area contributed by atoms with E-state index >= 15 is 0 Å². The molecule has 0 aliphatic heterocycles. The highest BCUT2D eigenvalue weighted by molar-refractivity contribution is 6.32. The first-order valence-electron chi connectivity index (χ1n) is 9.81. The van der Waals surface area contributed by atoms with Crippen LogP contribution in [0, 0.1) is 19.8 Å². The van der Waals surface area contributed by atoms with Crippen LogP contribution in [0.1, 0.15) is 37.2 Å². The summed E-state index contributed by atoms with van der Waals surface area (Å²) in [5, 5.41) is 7.84. The molecule has 1 amide bonds. The molecule has 1 aromatic heterocycles. The van der Waals surface area contributed by atoms with Gasteiger partial charge in [-0.2, -0.15) is 5.10 Å². The lowest BCUT2D eigenvalue weighted by atomic mass is 10.1. The normalized spacial score (nSPS) is 12.2. The predicted molar refractivity (Wildman–Crippen MR) is 117 cm³/mol. The summed E-state index contributed by atoms with van der Waals surface area (Å²) in [6, 6.07) is 5.60. The van der Waals surface area contributed by atoms with E-state index in [1.54, 1.807) is 25.3 Å². The number of hydrogen-bond acceptors (Lipinski definition) is 4. The highest BCUT2D eigenvalue weighted by Gasteiger charge is 2.12. The quantitative estimate of drug-likeness (QED) is 0.579. The summed E-state index contributed by atoms with van der Waals surface area (Å²) >= 11 is 6.31. The summed E-state index contributed by atoms with van der Waals surface area (Å²) < 4.78 is 13.0. The number of nitrogens with zero attached hydrogens (tertiary/aromatic N) is 2. The highest BCUT2D eigenvalue weighted by Crippen LogP contribution is 2.36. The van der Waals surface area contributed by atoms with Crippen molar-refractivity contribution in [3.8, 4) is 11.5 Å². The maximum atomic E-state index is 12.2. The van der Waals surface area contributed by atoms with Crippen LogP contribution in [0.15, 0.2) is 24.3 Å². The molecule has 1 N–H and O–H groups in total. The van der Waals surface area contributed by atoms with Crippen molar-refractivity contribution in [2.24, 2.45) is 5.92 Å². The zero-order valence-electron chi connectivity index (χ0n) is 17.8. The van der Waals surface area contributed by atoms with Gasteiger partial charge in [0.25, 0.3) is 0 Å². The summed E-state index contributed by atoms with van der Waals surface area (Å²) in [5.41, 5.74) is 2.89. The van der Waals surface area contributed by atoms with Crippen LogP contribution < -0.4 is 14.8 Å². The van der Waals surface area contributed by atoms with Gasteiger partial charge in [0, 0.05) is 24.9 Å². The number of benzene rings is 1. The number of halogens is 1. The number of ether oxygens (including phenoxy) is 2. The maximum Gasteiger partial charge on any atom is 0.244 e. The third kappa shape index (κ3) is 6.82. The lowest BCUT2D eigenvalue weighted by molar-refractivity contribution is -0.116. The lowest BCUT2D eigenvalue weighted by Gasteiger charge is -2.13. The lowest BCUT2D eigenvalue weighted by Crippen LogP contribution is -2.29. The molecule has 0 bridgehead atoms. The molecule has 0 saturated heterocycles. The SMILES string of the molecule is CCCOc1c(Cl)cc(/C=C/C(=O)NCC(C)Cn2nc(C)cc2C)cc1OC. The zero-order valence-corrected chi connectivity index (χ0v) is 18.5. The number of aryl methyl sites for hydroxylation is 2. The fourth-order valence-electron chi connectivity index (χ4n) is 2.91. The number of carbonyl (C=O) groups excluding carboxylic acids is 1. The molecule has 0 aliphatic carbocycles. The minimum Gasteiger partial charge on any atom is -0.493 e. The molecule has 1 unspecified atom stereocenters. The van der Waals surface area contributed by atoms with E-state index in [2.05, 4.69) is 17.3 Å². The first-order chi connectivity index (χ1) is 13.8. The number of rotatable bonds is 10. The van der Waals surface area contributed by atoms with Crippen molar-refractivity contribution in [3.05, 3.63) is 46.2 Å². The van der Waals surface area contributed by atoms with Gasteiger partial charge in [0.05, 0.1) is 24.4 Å². The Morgan fingerprint density at radius 2 is 2.10 bits per heavy atom. The minimum absolute atomic E-state index is 0.161. The molecular weight excluding hydrogens is 390 g/mol. The van der Waals surface area contributed by atoms with Crippen molar-refractivity contribution in [3.63, 3.8) is 0 Å². The van der Waals surface area contributed by atoms with Gasteiger partial charge in [-0.15, -0.1) is 0 Å². The summed E-state index contributed by atoms with van der Waals surface area (Å²) in [4.78, 5) is 12.2. The molecular formula is C22H30ClN3O3. The van der Waals surface area contributed by atoms with Crippen molar-refractivity contribution in [2.45, 2.75) is 40.7 Å². The Morgan fingerprint density at radius 1 is 1.34 bits per heavy atom. The van der Waals surface area contributed by atoms with E-state index < -0.39 is 0 Å². The van der Waals surface area contributed by atoms with Crippen molar-refractivity contribution in [2.75, 3.05) is 20.3 Å². The standard InChI is InChI=1S/C22H30ClN3O3/c1-6-9-29-22-19(23)11-18(12-20(22)28-5)7-8-21(27)24-13-15(2)14-26-17(4)10-16(3)25-26/h7-8,10-12,15H,6,9,13-14H2,1-5H3,(H,24,27)/b8-7+. The number of hydrogen-bond donors (Lipinski definition) is 1. The smallest absolute Gasteiger partial charge is 0.244 e. The molecule has 0 spiro atoms. The number of methoxy groups -OCH3 is 1. The summed E-state index contributed by atoms with van der Waals surface area (Å²) in [5.74, 6) is 1.17. The summed E-state index contributed by atoms with van der Waals surface area (Å²) in [6.07, 6.45) is 4.08. The molecule has 1 atom stereocenters. The van der Waals surface area contributed by atoms with Crippen LogP contribution >= 0.6 is 11.6 Å². The van der Waals surface area contributed by atoms with Crippen LogP contribution in [-0.2, 0) is 11.3 Å². The van der Waals surface area contributed by atoms with Crippen LogP contribution in [0.3, 0.4) is 0 Å². The molecule has 6 nitrogen and oxygen atoms in total. The van der Waals surface area contributed by atoms with E-state index in [4.69, 9.17) is 21.1 Å². The van der Waals surface area contributed by atoms with Crippen LogP contribution in [0.25, 0.3) is 6.08 Å². The summed E-state index contributed by atoms with van der Waals surface area (Å²) in [6.45, 7) is 10.00. The molecule has 0 saturated carbocycles. The topological polar surface area (TPSA) is 65.4 Å². The second kappa shape index (κ2) is 10.9. The number of carbonyl (C=O) groups is 1. The van der Waals surface area contributed by atoms with Crippen molar-refractivity contribution < 1.29 is 14.3 Å². The minimum atomic E-state index is -0.161. The average Bonchev–Trinajstić information content (AvgIpc) is 3.00. The van der Waals surface area contributed by atoms with Gasteiger partial charge in [-0.1, -0.05) is 25.4 Å². The van der Waals surface area contributed by atoms with Crippen LogP contribution in [-0.4, -0.2) is 35.9 Å². The van der Waals surface area contributed by atoms with Crippen molar-refractivity contribution in [1.29, 1.82) is 0 Å². The molecule has 158 valence electrons. The van der Waals surface area contributed by atoms with Crippen LogP contribution in [0.4, 0.5) is 0 Å². The van der Waals surface area contributed by atoms with Gasteiger partial charge in [-0.05, 0) is 56.0 Å². The predicted octanol–water partition coefficient (Wildman–Crippen LogP) is 4.42. The van der Waals surface area contributed by atoms with Gasteiger partial charge < -0.3 is 14.8 Å². The molecule has 1 heterocycles. The van der Waals surface area contributed by atoms with Gasteiger partial charge >= 0.3 is 0 Å². The zero-order chi connectivity index (χ0) is 21.4. The number of nitrogens with one attached hydrogen (secondary N) is 1. The van der Waals surface area contributed by atoms with Crippen molar-refractivity contribution >= 4 is 23.6 Å².